The van der Waals surface area contributed by atoms with Crippen molar-refractivity contribution in [3.8, 4) is 5.95 Å². The van der Waals surface area contributed by atoms with Crippen molar-refractivity contribution in [2.24, 2.45) is 0 Å². The molecule has 0 amide bonds. The third-order valence-corrected chi connectivity index (χ3v) is 4.23. The number of nitrogens with one attached hydrogen (secondary N) is 1. The highest BCUT2D eigenvalue weighted by molar-refractivity contribution is 5.78. The molecule has 2 aromatic heterocycles. The molecular formula is C19H19N4+. The van der Waals surface area contributed by atoms with Gasteiger partial charge in [0.05, 0.1) is 11.0 Å². The molecule has 4 aromatic rings. The quantitative estimate of drug-likeness (QED) is 0.579. The van der Waals surface area contributed by atoms with E-state index in [-0.39, 0.29) is 0 Å². The largest absolute Gasteiger partial charge is 0.304 e. The van der Waals surface area contributed by atoms with Gasteiger partial charge in [0.15, 0.2) is 0 Å². The summed E-state index contributed by atoms with van der Waals surface area (Å²) in [6, 6.07) is 14.7. The minimum absolute atomic E-state index is 0.844. The van der Waals surface area contributed by atoms with Crippen LogP contribution in [0.2, 0.25) is 0 Å². The molecule has 0 aliphatic carbocycles. The van der Waals surface area contributed by atoms with E-state index < -0.39 is 0 Å². The lowest BCUT2D eigenvalue weighted by atomic mass is 10.1. The highest BCUT2D eigenvalue weighted by Gasteiger charge is 2.12. The summed E-state index contributed by atoms with van der Waals surface area (Å²) in [5, 5.41) is 0. The molecule has 0 bridgehead atoms. The van der Waals surface area contributed by atoms with E-state index in [4.69, 9.17) is 4.98 Å². The fraction of sp³-hybridized carbons (Fsp3) is 0.158. The van der Waals surface area contributed by atoms with Crippen molar-refractivity contribution in [1.82, 2.24) is 14.5 Å². The van der Waals surface area contributed by atoms with Gasteiger partial charge in [0.1, 0.15) is 18.9 Å². The Labute approximate surface area is 135 Å². The van der Waals surface area contributed by atoms with E-state index in [1.807, 2.05) is 16.8 Å². The molecule has 2 heterocycles. The van der Waals surface area contributed by atoms with Gasteiger partial charge in [-0.1, -0.05) is 30.3 Å². The van der Waals surface area contributed by atoms with E-state index in [9.17, 15) is 0 Å². The van der Waals surface area contributed by atoms with Gasteiger partial charge in [-0.25, -0.2) is 4.57 Å². The summed E-state index contributed by atoms with van der Waals surface area (Å²) in [6.45, 7) is 5.09. The molecule has 4 rings (SSSR count). The normalized spacial score (nSPS) is 11.2. The molecule has 0 saturated heterocycles. The van der Waals surface area contributed by atoms with Gasteiger partial charge in [0.25, 0.3) is 6.33 Å². The number of H-pyrrole nitrogens is 1. The highest BCUT2D eigenvalue weighted by atomic mass is 15.2. The zero-order valence-electron chi connectivity index (χ0n) is 13.3. The monoisotopic (exact) mass is 303 g/mol. The number of imidazole rings is 2. The van der Waals surface area contributed by atoms with Crippen LogP contribution in [-0.4, -0.2) is 14.5 Å². The van der Waals surface area contributed by atoms with Gasteiger partial charge in [-0.15, -0.1) is 0 Å². The topological polar surface area (TPSA) is 37.5 Å². The number of nitrogens with zero attached hydrogens (tertiary/aromatic N) is 3. The third kappa shape index (κ3) is 2.63. The van der Waals surface area contributed by atoms with Gasteiger partial charge in [0, 0.05) is 0 Å². The predicted molar refractivity (Wildman–Crippen MR) is 90.6 cm³/mol. The summed E-state index contributed by atoms with van der Waals surface area (Å²) in [7, 11) is 0. The van der Waals surface area contributed by atoms with Crippen molar-refractivity contribution in [3.05, 3.63) is 77.9 Å². The van der Waals surface area contributed by atoms with Crippen molar-refractivity contribution < 1.29 is 4.57 Å². The molecule has 4 heteroatoms. The van der Waals surface area contributed by atoms with Gasteiger partial charge < -0.3 is 4.98 Å². The number of aromatic amines is 1. The Morgan fingerprint density at radius 2 is 1.87 bits per heavy atom. The van der Waals surface area contributed by atoms with Gasteiger partial charge in [-0.05, 0) is 42.7 Å². The van der Waals surface area contributed by atoms with Crippen molar-refractivity contribution >= 4 is 11.0 Å². The van der Waals surface area contributed by atoms with Crippen LogP contribution in [-0.2, 0) is 6.54 Å². The lowest BCUT2D eigenvalue weighted by Gasteiger charge is -1.96. The number of hydrogen-bond acceptors (Lipinski definition) is 1. The molecule has 114 valence electrons. The molecule has 0 radical (unpaired) electrons. The average molecular weight is 303 g/mol. The fourth-order valence-electron chi connectivity index (χ4n) is 2.79. The maximum Gasteiger partial charge on any atom is 0.304 e. The number of fused-ring (bicyclic) bond motifs is 1. The molecule has 0 spiro atoms. The van der Waals surface area contributed by atoms with Crippen molar-refractivity contribution in [3.63, 3.8) is 0 Å². The molecule has 0 saturated carbocycles. The number of aromatic nitrogens is 4. The van der Waals surface area contributed by atoms with Gasteiger partial charge in [0.2, 0.25) is 0 Å². The van der Waals surface area contributed by atoms with Crippen molar-refractivity contribution in [2.45, 2.75) is 20.4 Å². The Hall–Kier alpha value is -2.88. The first kappa shape index (κ1) is 13.8. The van der Waals surface area contributed by atoms with Crippen molar-refractivity contribution in [2.75, 3.05) is 0 Å². The Kier molecular flexibility index (Phi) is 3.23. The minimum atomic E-state index is 0.844. The SMILES string of the molecule is Cc1cc2nc(-n3cc[n+](Cc4ccccc4)c3)[nH]c2cc1C. The summed E-state index contributed by atoms with van der Waals surface area (Å²) < 4.78 is 4.17. The van der Waals surface area contributed by atoms with Crippen LogP contribution in [0.25, 0.3) is 17.0 Å². The zero-order valence-corrected chi connectivity index (χ0v) is 13.3. The Bertz CT molecular complexity index is 925. The summed E-state index contributed by atoms with van der Waals surface area (Å²) in [4.78, 5) is 8.09. The van der Waals surface area contributed by atoms with Gasteiger partial charge in [-0.3, -0.25) is 0 Å². The Morgan fingerprint density at radius 1 is 1.09 bits per heavy atom. The van der Waals surface area contributed by atoms with Crippen LogP contribution in [0, 0.1) is 13.8 Å². The van der Waals surface area contributed by atoms with E-state index in [1.54, 1.807) is 0 Å². The number of hydrogen-bond donors (Lipinski definition) is 1. The van der Waals surface area contributed by atoms with Crippen LogP contribution in [0.4, 0.5) is 0 Å². The molecule has 23 heavy (non-hydrogen) atoms. The molecule has 0 aliphatic rings. The zero-order chi connectivity index (χ0) is 15.8. The first-order valence-electron chi connectivity index (χ1n) is 7.77. The molecule has 0 atom stereocenters. The number of aryl methyl sites for hydroxylation is 2. The second-order valence-corrected chi connectivity index (χ2v) is 5.99. The lowest BCUT2D eigenvalue weighted by molar-refractivity contribution is -0.687. The van der Waals surface area contributed by atoms with Gasteiger partial charge >= 0.3 is 5.95 Å². The first-order valence-corrected chi connectivity index (χ1v) is 7.77. The van der Waals surface area contributed by atoms with Crippen LogP contribution in [0.3, 0.4) is 0 Å². The van der Waals surface area contributed by atoms with Crippen molar-refractivity contribution in [1.29, 1.82) is 0 Å². The molecule has 1 N–H and O–H groups in total. The van der Waals surface area contributed by atoms with E-state index >= 15 is 0 Å². The van der Waals surface area contributed by atoms with Crippen LogP contribution in [0.15, 0.2) is 61.2 Å². The number of benzene rings is 2. The molecule has 4 nitrogen and oxygen atoms in total. The van der Waals surface area contributed by atoms with E-state index in [0.29, 0.717) is 0 Å². The summed E-state index contributed by atoms with van der Waals surface area (Å²) >= 11 is 0. The van der Waals surface area contributed by atoms with E-state index in [2.05, 4.69) is 72.3 Å². The Morgan fingerprint density at radius 3 is 2.70 bits per heavy atom. The standard InChI is InChI=1S/C19H19N4/c1-14-10-17-18(11-15(14)2)21-19(20-17)23-9-8-22(13-23)12-16-6-4-3-5-7-16/h3-11,13H,12H2,1-2H3,(H,20,21)/q+1. The molecule has 0 fully saturated rings. The van der Waals surface area contributed by atoms with Crippen LogP contribution >= 0.6 is 0 Å². The van der Waals surface area contributed by atoms with Crippen LogP contribution in [0.1, 0.15) is 16.7 Å². The van der Waals surface area contributed by atoms with Crippen LogP contribution in [0.5, 0.6) is 0 Å². The molecule has 0 unspecified atom stereocenters. The summed E-state index contributed by atoms with van der Waals surface area (Å²) in [5.41, 5.74) is 5.91. The van der Waals surface area contributed by atoms with Crippen LogP contribution < -0.4 is 4.57 Å². The second-order valence-electron chi connectivity index (χ2n) is 5.99. The smallest absolute Gasteiger partial charge is 0.303 e. The maximum atomic E-state index is 4.70. The van der Waals surface area contributed by atoms with Gasteiger partial charge in [-0.2, -0.15) is 9.55 Å². The molecular weight excluding hydrogens is 284 g/mol. The summed E-state index contributed by atoms with van der Waals surface area (Å²) in [6.07, 6.45) is 6.15. The highest BCUT2D eigenvalue weighted by Crippen LogP contribution is 2.18. The first-order chi connectivity index (χ1) is 11.2. The fourth-order valence-corrected chi connectivity index (χ4v) is 2.79. The Balaban J connectivity index is 1.66. The van der Waals surface area contributed by atoms with E-state index in [0.717, 1.165) is 23.5 Å². The molecule has 2 aromatic carbocycles. The predicted octanol–water partition coefficient (Wildman–Crippen LogP) is 3.31. The lowest BCUT2D eigenvalue weighted by Crippen LogP contribution is -2.31. The summed E-state index contributed by atoms with van der Waals surface area (Å²) in [5.74, 6) is 0.844. The average Bonchev–Trinajstić information content (AvgIpc) is 3.15. The van der Waals surface area contributed by atoms with E-state index in [1.165, 1.54) is 16.7 Å². The maximum absolute atomic E-state index is 4.70. The number of rotatable bonds is 3. The second kappa shape index (κ2) is 5.39. The third-order valence-electron chi connectivity index (χ3n) is 4.23. The molecule has 0 aliphatic heterocycles. The minimum Gasteiger partial charge on any atom is -0.303 e.